The SMILES string of the molecule is Cc1cc(Br)ccc1NC(=O)c1ccc(OC(=O)C(C)C)cc1. The number of carbonyl (C=O) groups excluding carboxylic acids is 2. The molecule has 0 atom stereocenters. The number of benzene rings is 2. The van der Waals surface area contributed by atoms with Crippen molar-refractivity contribution in [2.75, 3.05) is 5.32 Å². The maximum absolute atomic E-state index is 12.3. The fraction of sp³-hybridized carbons (Fsp3) is 0.222. The zero-order chi connectivity index (χ0) is 17.0. The van der Waals surface area contributed by atoms with E-state index in [1.807, 2.05) is 25.1 Å². The van der Waals surface area contributed by atoms with Gasteiger partial charge in [-0.05, 0) is 55.0 Å². The number of aryl methyl sites for hydroxylation is 1. The summed E-state index contributed by atoms with van der Waals surface area (Å²) in [5.74, 6) is -0.275. The predicted octanol–water partition coefficient (Wildman–Crippen LogP) is 4.57. The van der Waals surface area contributed by atoms with Gasteiger partial charge >= 0.3 is 5.97 Å². The van der Waals surface area contributed by atoms with Crippen molar-refractivity contribution in [3.05, 3.63) is 58.1 Å². The molecule has 0 aliphatic heterocycles. The van der Waals surface area contributed by atoms with Gasteiger partial charge in [0.15, 0.2) is 0 Å². The van der Waals surface area contributed by atoms with Gasteiger partial charge < -0.3 is 10.1 Å². The first-order valence-corrected chi connectivity index (χ1v) is 8.05. The van der Waals surface area contributed by atoms with Gasteiger partial charge in [-0.2, -0.15) is 0 Å². The van der Waals surface area contributed by atoms with Crippen LogP contribution in [-0.4, -0.2) is 11.9 Å². The molecular formula is C18H18BrNO3. The number of hydrogen-bond donors (Lipinski definition) is 1. The standard InChI is InChI=1S/C18H18BrNO3/c1-11(2)18(22)23-15-7-4-13(5-8-15)17(21)20-16-9-6-14(19)10-12(16)3/h4-11H,1-3H3,(H,20,21). The van der Waals surface area contributed by atoms with Gasteiger partial charge in [-0.15, -0.1) is 0 Å². The maximum Gasteiger partial charge on any atom is 0.313 e. The topological polar surface area (TPSA) is 55.4 Å². The van der Waals surface area contributed by atoms with Crippen LogP contribution in [-0.2, 0) is 4.79 Å². The average Bonchev–Trinajstić information content (AvgIpc) is 2.50. The van der Waals surface area contributed by atoms with E-state index in [-0.39, 0.29) is 17.8 Å². The molecule has 0 unspecified atom stereocenters. The van der Waals surface area contributed by atoms with Crippen molar-refractivity contribution in [3.63, 3.8) is 0 Å². The Kier molecular flexibility index (Phi) is 5.55. The van der Waals surface area contributed by atoms with Crippen molar-refractivity contribution < 1.29 is 14.3 Å². The predicted molar refractivity (Wildman–Crippen MR) is 93.7 cm³/mol. The number of ether oxygens (including phenoxy) is 1. The summed E-state index contributed by atoms with van der Waals surface area (Å²) < 4.78 is 6.15. The zero-order valence-corrected chi connectivity index (χ0v) is 14.8. The number of anilines is 1. The lowest BCUT2D eigenvalue weighted by atomic mass is 10.1. The van der Waals surface area contributed by atoms with Crippen molar-refractivity contribution >= 4 is 33.5 Å². The number of halogens is 1. The Hall–Kier alpha value is -2.14. The van der Waals surface area contributed by atoms with Crippen LogP contribution in [0, 0.1) is 12.8 Å². The van der Waals surface area contributed by atoms with E-state index in [2.05, 4.69) is 21.2 Å². The maximum atomic E-state index is 12.3. The van der Waals surface area contributed by atoms with Gasteiger partial charge in [0.25, 0.3) is 5.91 Å². The van der Waals surface area contributed by atoms with Crippen LogP contribution in [0.25, 0.3) is 0 Å². The smallest absolute Gasteiger partial charge is 0.313 e. The third kappa shape index (κ3) is 4.66. The van der Waals surface area contributed by atoms with Crippen LogP contribution in [0.4, 0.5) is 5.69 Å². The highest BCUT2D eigenvalue weighted by Crippen LogP contribution is 2.21. The minimum Gasteiger partial charge on any atom is -0.426 e. The Morgan fingerprint density at radius 2 is 1.74 bits per heavy atom. The van der Waals surface area contributed by atoms with E-state index < -0.39 is 0 Å². The Labute approximate surface area is 144 Å². The van der Waals surface area contributed by atoms with Crippen molar-refractivity contribution in [1.29, 1.82) is 0 Å². The molecular weight excluding hydrogens is 358 g/mol. The number of rotatable bonds is 4. The summed E-state index contributed by atoms with van der Waals surface area (Å²) in [7, 11) is 0. The van der Waals surface area contributed by atoms with Gasteiger partial charge in [0.1, 0.15) is 5.75 Å². The minimum absolute atomic E-state index is 0.196. The molecule has 0 bridgehead atoms. The molecule has 1 N–H and O–H groups in total. The largest absolute Gasteiger partial charge is 0.426 e. The fourth-order valence-electron chi connectivity index (χ4n) is 1.87. The second kappa shape index (κ2) is 7.42. The van der Waals surface area contributed by atoms with Gasteiger partial charge in [-0.3, -0.25) is 9.59 Å². The zero-order valence-electron chi connectivity index (χ0n) is 13.2. The van der Waals surface area contributed by atoms with Crippen LogP contribution in [0.15, 0.2) is 46.9 Å². The highest BCUT2D eigenvalue weighted by atomic mass is 79.9. The van der Waals surface area contributed by atoms with E-state index in [4.69, 9.17) is 4.74 Å². The van der Waals surface area contributed by atoms with E-state index in [1.54, 1.807) is 38.1 Å². The van der Waals surface area contributed by atoms with E-state index in [0.29, 0.717) is 11.3 Å². The van der Waals surface area contributed by atoms with Crippen LogP contribution in [0.5, 0.6) is 5.75 Å². The molecule has 23 heavy (non-hydrogen) atoms. The summed E-state index contributed by atoms with van der Waals surface area (Å²) in [6.07, 6.45) is 0. The summed E-state index contributed by atoms with van der Waals surface area (Å²) >= 11 is 3.39. The third-order valence-corrected chi connectivity index (χ3v) is 3.74. The quantitative estimate of drug-likeness (QED) is 0.628. The molecule has 2 aromatic carbocycles. The van der Waals surface area contributed by atoms with E-state index in [0.717, 1.165) is 15.7 Å². The Balaban J connectivity index is 2.07. The van der Waals surface area contributed by atoms with Gasteiger partial charge in [-0.1, -0.05) is 29.8 Å². The summed E-state index contributed by atoms with van der Waals surface area (Å²) in [5.41, 5.74) is 2.22. The molecule has 4 nitrogen and oxygen atoms in total. The van der Waals surface area contributed by atoms with E-state index in [1.165, 1.54) is 0 Å². The van der Waals surface area contributed by atoms with Crippen molar-refractivity contribution in [2.24, 2.45) is 5.92 Å². The molecule has 0 heterocycles. The number of amides is 1. The molecule has 0 fully saturated rings. The van der Waals surface area contributed by atoms with Crippen LogP contribution in [0.3, 0.4) is 0 Å². The van der Waals surface area contributed by atoms with Crippen molar-refractivity contribution in [3.8, 4) is 5.75 Å². The number of esters is 1. The first-order valence-electron chi connectivity index (χ1n) is 7.26. The minimum atomic E-state index is -0.298. The summed E-state index contributed by atoms with van der Waals surface area (Å²) in [4.78, 5) is 23.8. The van der Waals surface area contributed by atoms with Gasteiger partial charge in [0.05, 0.1) is 5.92 Å². The molecule has 1 amide bonds. The molecule has 0 spiro atoms. The van der Waals surface area contributed by atoms with Gasteiger partial charge in [-0.25, -0.2) is 0 Å². The van der Waals surface area contributed by atoms with Crippen LogP contribution < -0.4 is 10.1 Å². The highest BCUT2D eigenvalue weighted by molar-refractivity contribution is 9.10. The summed E-state index contributed by atoms with van der Waals surface area (Å²) in [6, 6.07) is 12.1. The van der Waals surface area contributed by atoms with Crippen LogP contribution >= 0.6 is 15.9 Å². The van der Waals surface area contributed by atoms with E-state index >= 15 is 0 Å². The van der Waals surface area contributed by atoms with E-state index in [9.17, 15) is 9.59 Å². The molecule has 2 aromatic rings. The van der Waals surface area contributed by atoms with Crippen LogP contribution in [0.1, 0.15) is 29.8 Å². The van der Waals surface area contributed by atoms with Gasteiger partial charge in [0.2, 0.25) is 0 Å². The van der Waals surface area contributed by atoms with Crippen molar-refractivity contribution in [1.82, 2.24) is 0 Å². The van der Waals surface area contributed by atoms with Gasteiger partial charge in [0, 0.05) is 15.7 Å². The number of carbonyl (C=O) groups is 2. The first-order chi connectivity index (χ1) is 10.9. The molecule has 120 valence electrons. The monoisotopic (exact) mass is 375 g/mol. The average molecular weight is 376 g/mol. The molecule has 0 radical (unpaired) electrons. The highest BCUT2D eigenvalue weighted by Gasteiger charge is 2.11. The molecule has 0 saturated carbocycles. The summed E-state index contributed by atoms with van der Waals surface area (Å²) in [6.45, 7) is 5.46. The fourth-order valence-corrected chi connectivity index (χ4v) is 2.35. The lowest BCUT2D eigenvalue weighted by Crippen LogP contribution is -2.15. The molecule has 0 aromatic heterocycles. The lowest BCUT2D eigenvalue weighted by Gasteiger charge is -2.10. The number of nitrogens with one attached hydrogen (secondary N) is 1. The molecule has 0 aliphatic carbocycles. The van der Waals surface area contributed by atoms with Crippen LogP contribution in [0.2, 0.25) is 0 Å². The molecule has 2 rings (SSSR count). The second-order valence-corrected chi connectivity index (χ2v) is 6.43. The molecule has 5 heteroatoms. The summed E-state index contributed by atoms with van der Waals surface area (Å²) in [5, 5.41) is 2.86. The Bertz CT molecular complexity index is 724. The third-order valence-electron chi connectivity index (χ3n) is 3.24. The number of hydrogen-bond acceptors (Lipinski definition) is 3. The molecule has 0 saturated heterocycles. The second-order valence-electron chi connectivity index (χ2n) is 5.51. The normalized spacial score (nSPS) is 10.5. The first kappa shape index (κ1) is 17.2. The Morgan fingerprint density at radius 3 is 2.30 bits per heavy atom. The lowest BCUT2D eigenvalue weighted by molar-refractivity contribution is -0.137. The van der Waals surface area contributed by atoms with Crippen molar-refractivity contribution in [2.45, 2.75) is 20.8 Å². The molecule has 0 aliphatic rings. The Morgan fingerprint density at radius 1 is 1.09 bits per heavy atom.